The van der Waals surface area contributed by atoms with Gasteiger partial charge in [0, 0.05) is 23.6 Å². The van der Waals surface area contributed by atoms with E-state index in [1.165, 1.54) is 0 Å². The van der Waals surface area contributed by atoms with Gasteiger partial charge in [0.25, 0.3) is 0 Å². The smallest absolute Gasteiger partial charge is 0.200 e. The average Bonchev–Trinajstić information content (AvgIpc) is 2.94. The van der Waals surface area contributed by atoms with E-state index in [1.54, 1.807) is 18.2 Å². The van der Waals surface area contributed by atoms with Crippen LogP contribution in [0.2, 0.25) is 0 Å². The molecule has 0 fully saturated rings. The number of para-hydroxylation sites is 1. The summed E-state index contributed by atoms with van der Waals surface area (Å²) in [5.41, 5.74) is 4.91. The van der Waals surface area contributed by atoms with E-state index in [2.05, 4.69) is 13.8 Å². The maximum absolute atomic E-state index is 13.0. The first kappa shape index (κ1) is 25.4. The van der Waals surface area contributed by atoms with Gasteiger partial charge in [-0.25, -0.2) is 0 Å². The van der Waals surface area contributed by atoms with Crippen LogP contribution in [0.15, 0.2) is 88.1 Å². The van der Waals surface area contributed by atoms with Gasteiger partial charge in [0.05, 0.1) is 24.0 Å². The standard InChI is InChI=1S/C33H32O5/c1-3-11-25-29(17-16-26-32(35)24-14-8-9-15-30(24)38-33(25)26)36-18-10-19-37-31-21-28(34)27(20-22(31)4-2)23-12-6-5-7-13-23/h5-9,12-17,20-21,34H,3-4,10-11,18-19H2,1-2H3. The number of phenolic OH excluding ortho intramolecular Hbond substituents is 1. The molecule has 0 aliphatic carbocycles. The number of benzene rings is 4. The van der Waals surface area contributed by atoms with Gasteiger partial charge < -0.3 is 19.0 Å². The van der Waals surface area contributed by atoms with Crippen molar-refractivity contribution in [3.63, 3.8) is 0 Å². The molecular formula is C33H32O5. The van der Waals surface area contributed by atoms with Crippen LogP contribution in [0.4, 0.5) is 0 Å². The molecule has 1 aromatic heterocycles. The highest BCUT2D eigenvalue weighted by Crippen LogP contribution is 2.36. The molecule has 0 unspecified atom stereocenters. The van der Waals surface area contributed by atoms with E-state index < -0.39 is 0 Å². The number of aryl methyl sites for hydroxylation is 2. The van der Waals surface area contributed by atoms with Gasteiger partial charge in [0.2, 0.25) is 5.43 Å². The molecule has 0 aliphatic heterocycles. The molecule has 0 amide bonds. The van der Waals surface area contributed by atoms with Gasteiger partial charge in [0.1, 0.15) is 28.4 Å². The molecule has 0 radical (unpaired) electrons. The van der Waals surface area contributed by atoms with Crippen LogP contribution < -0.4 is 14.9 Å². The summed E-state index contributed by atoms with van der Waals surface area (Å²) >= 11 is 0. The molecule has 38 heavy (non-hydrogen) atoms. The predicted molar refractivity (Wildman–Crippen MR) is 153 cm³/mol. The first-order valence-corrected chi connectivity index (χ1v) is 13.2. The predicted octanol–water partition coefficient (Wildman–Crippen LogP) is 7.68. The number of hydrogen-bond acceptors (Lipinski definition) is 5. The lowest BCUT2D eigenvalue weighted by atomic mass is 10.00. The molecule has 194 valence electrons. The molecule has 0 bridgehead atoms. The van der Waals surface area contributed by atoms with Crippen LogP contribution in [-0.4, -0.2) is 18.3 Å². The maximum atomic E-state index is 13.0. The summed E-state index contributed by atoms with van der Waals surface area (Å²) in [5.74, 6) is 1.63. The molecule has 5 aromatic rings. The lowest BCUT2D eigenvalue weighted by molar-refractivity contribution is 0.244. The molecule has 0 saturated heterocycles. The minimum Gasteiger partial charge on any atom is -0.507 e. The second-order valence-corrected chi connectivity index (χ2v) is 9.34. The van der Waals surface area contributed by atoms with Gasteiger partial charge >= 0.3 is 0 Å². The van der Waals surface area contributed by atoms with E-state index in [-0.39, 0.29) is 11.2 Å². The van der Waals surface area contributed by atoms with E-state index in [0.717, 1.165) is 47.3 Å². The normalized spacial score (nSPS) is 11.2. The highest BCUT2D eigenvalue weighted by Gasteiger charge is 2.16. The summed E-state index contributed by atoms with van der Waals surface area (Å²) in [6, 6.07) is 24.6. The quantitative estimate of drug-likeness (QED) is 0.155. The molecule has 1 N–H and O–H groups in total. The third-order valence-electron chi connectivity index (χ3n) is 6.75. The largest absolute Gasteiger partial charge is 0.507 e. The second kappa shape index (κ2) is 11.4. The van der Waals surface area contributed by atoms with Gasteiger partial charge in [-0.05, 0) is 54.3 Å². The van der Waals surface area contributed by atoms with Crippen LogP contribution >= 0.6 is 0 Å². The molecule has 1 heterocycles. The minimum absolute atomic E-state index is 0.0209. The Bertz CT molecular complexity index is 1620. The zero-order chi connectivity index (χ0) is 26.5. The fourth-order valence-electron chi connectivity index (χ4n) is 4.82. The molecule has 0 aliphatic rings. The van der Waals surface area contributed by atoms with Gasteiger partial charge in [-0.15, -0.1) is 0 Å². The number of hydrogen-bond donors (Lipinski definition) is 1. The van der Waals surface area contributed by atoms with Crippen LogP contribution in [-0.2, 0) is 12.8 Å². The maximum Gasteiger partial charge on any atom is 0.200 e. The van der Waals surface area contributed by atoms with Gasteiger partial charge in [-0.1, -0.05) is 62.7 Å². The number of ether oxygens (including phenoxy) is 2. The highest BCUT2D eigenvalue weighted by atomic mass is 16.5. The van der Waals surface area contributed by atoms with Crippen molar-refractivity contribution in [2.75, 3.05) is 13.2 Å². The summed E-state index contributed by atoms with van der Waals surface area (Å²) < 4.78 is 18.4. The molecule has 5 rings (SSSR count). The Morgan fingerprint density at radius 2 is 1.55 bits per heavy atom. The Hall–Kier alpha value is -4.25. The first-order chi connectivity index (χ1) is 18.6. The molecule has 0 atom stereocenters. The van der Waals surface area contributed by atoms with Crippen molar-refractivity contribution in [1.82, 2.24) is 0 Å². The summed E-state index contributed by atoms with van der Waals surface area (Å²) in [7, 11) is 0. The van der Waals surface area contributed by atoms with Crippen LogP contribution in [0.1, 0.15) is 37.8 Å². The van der Waals surface area contributed by atoms with Crippen LogP contribution in [0.5, 0.6) is 17.2 Å². The fraction of sp³-hybridized carbons (Fsp3) is 0.242. The van der Waals surface area contributed by atoms with Crippen molar-refractivity contribution in [2.24, 2.45) is 0 Å². The number of phenols is 1. The minimum atomic E-state index is -0.0209. The molecule has 5 heteroatoms. The Labute approximate surface area is 222 Å². The topological polar surface area (TPSA) is 68.9 Å². The van der Waals surface area contributed by atoms with Crippen LogP contribution in [0.3, 0.4) is 0 Å². The van der Waals surface area contributed by atoms with E-state index in [4.69, 9.17) is 13.9 Å². The van der Waals surface area contributed by atoms with Gasteiger partial charge in [0.15, 0.2) is 0 Å². The third kappa shape index (κ3) is 5.10. The van der Waals surface area contributed by atoms with E-state index in [9.17, 15) is 9.90 Å². The highest BCUT2D eigenvalue weighted by molar-refractivity contribution is 5.92. The van der Waals surface area contributed by atoms with Crippen molar-refractivity contribution >= 4 is 21.9 Å². The number of aromatic hydroxyl groups is 1. The molecule has 5 nitrogen and oxygen atoms in total. The van der Waals surface area contributed by atoms with Crippen molar-refractivity contribution in [1.29, 1.82) is 0 Å². The van der Waals surface area contributed by atoms with Crippen LogP contribution in [0, 0.1) is 0 Å². The SMILES string of the molecule is CCCc1c(OCCCOc2cc(O)c(-c3ccccc3)cc2CC)ccc2c(=O)c3ccccc3oc12. The first-order valence-electron chi connectivity index (χ1n) is 13.2. The van der Waals surface area contributed by atoms with Crippen molar-refractivity contribution < 1.29 is 19.0 Å². The Kier molecular flexibility index (Phi) is 7.64. The molecule has 0 saturated carbocycles. The Morgan fingerprint density at radius 1 is 0.816 bits per heavy atom. The van der Waals surface area contributed by atoms with Crippen molar-refractivity contribution in [3.05, 3.63) is 100 Å². The van der Waals surface area contributed by atoms with Crippen LogP contribution in [0.25, 0.3) is 33.1 Å². The van der Waals surface area contributed by atoms with Gasteiger partial charge in [-0.3, -0.25) is 4.79 Å². The molecule has 0 spiro atoms. The van der Waals surface area contributed by atoms with Crippen molar-refractivity contribution in [2.45, 2.75) is 39.5 Å². The zero-order valence-corrected chi connectivity index (χ0v) is 21.8. The summed E-state index contributed by atoms with van der Waals surface area (Å²) in [4.78, 5) is 13.0. The Balaban J connectivity index is 1.29. The monoisotopic (exact) mass is 508 g/mol. The summed E-state index contributed by atoms with van der Waals surface area (Å²) in [6.45, 7) is 5.08. The average molecular weight is 509 g/mol. The second-order valence-electron chi connectivity index (χ2n) is 9.34. The van der Waals surface area contributed by atoms with E-state index in [1.807, 2.05) is 60.7 Å². The molecular weight excluding hydrogens is 476 g/mol. The number of rotatable bonds is 10. The fourth-order valence-corrected chi connectivity index (χ4v) is 4.82. The summed E-state index contributed by atoms with van der Waals surface area (Å²) in [5, 5.41) is 11.8. The zero-order valence-electron chi connectivity index (χ0n) is 21.8. The summed E-state index contributed by atoms with van der Waals surface area (Å²) in [6.07, 6.45) is 3.10. The lowest BCUT2D eigenvalue weighted by Crippen LogP contribution is -2.08. The molecule has 4 aromatic carbocycles. The van der Waals surface area contributed by atoms with Crippen molar-refractivity contribution in [3.8, 4) is 28.4 Å². The van der Waals surface area contributed by atoms with Gasteiger partial charge in [-0.2, -0.15) is 0 Å². The Morgan fingerprint density at radius 3 is 2.32 bits per heavy atom. The lowest BCUT2D eigenvalue weighted by Gasteiger charge is -2.15. The third-order valence-corrected chi connectivity index (χ3v) is 6.75. The van der Waals surface area contributed by atoms with E-state index in [0.29, 0.717) is 47.3 Å². The number of fused-ring (bicyclic) bond motifs is 2. The van der Waals surface area contributed by atoms with E-state index >= 15 is 0 Å².